The van der Waals surface area contributed by atoms with E-state index in [-0.39, 0.29) is 0 Å². The van der Waals surface area contributed by atoms with Crippen LogP contribution in [-0.2, 0) is 13.0 Å². The zero-order valence-corrected chi connectivity index (χ0v) is 10.8. The lowest BCUT2D eigenvalue weighted by molar-refractivity contribution is 0.341. The predicted molar refractivity (Wildman–Crippen MR) is 72.9 cm³/mol. The van der Waals surface area contributed by atoms with E-state index < -0.39 is 0 Å². The van der Waals surface area contributed by atoms with E-state index in [4.69, 9.17) is 5.73 Å². The molecule has 0 aromatic heterocycles. The van der Waals surface area contributed by atoms with Gasteiger partial charge in [0, 0.05) is 18.6 Å². The van der Waals surface area contributed by atoms with Gasteiger partial charge >= 0.3 is 0 Å². The van der Waals surface area contributed by atoms with Crippen molar-refractivity contribution in [1.82, 2.24) is 5.32 Å². The van der Waals surface area contributed by atoms with Gasteiger partial charge in [-0.1, -0.05) is 31.2 Å². The molecule has 1 aliphatic rings. The van der Waals surface area contributed by atoms with Crippen molar-refractivity contribution in [2.75, 3.05) is 0 Å². The molecule has 0 heterocycles. The zero-order chi connectivity index (χ0) is 12.1. The molecule has 17 heavy (non-hydrogen) atoms. The lowest BCUT2D eigenvalue weighted by Crippen LogP contribution is -2.37. The number of aryl methyl sites for hydroxylation is 1. The maximum absolute atomic E-state index is 5.92. The topological polar surface area (TPSA) is 38.0 Å². The molecule has 0 bridgehead atoms. The minimum atomic E-state index is 0.441. The first-order valence-corrected chi connectivity index (χ1v) is 6.85. The van der Waals surface area contributed by atoms with Gasteiger partial charge in [-0.2, -0.15) is 0 Å². The zero-order valence-electron chi connectivity index (χ0n) is 10.8. The third-order valence-electron chi connectivity index (χ3n) is 3.85. The van der Waals surface area contributed by atoms with E-state index >= 15 is 0 Å². The summed E-state index contributed by atoms with van der Waals surface area (Å²) in [5.41, 5.74) is 8.84. The van der Waals surface area contributed by atoms with Crippen molar-refractivity contribution >= 4 is 0 Å². The summed E-state index contributed by atoms with van der Waals surface area (Å²) >= 11 is 0. The van der Waals surface area contributed by atoms with Gasteiger partial charge in [-0.15, -0.1) is 0 Å². The summed E-state index contributed by atoms with van der Waals surface area (Å²) in [5, 5.41) is 3.68. The van der Waals surface area contributed by atoms with Gasteiger partial charge in [-0.3, -0.25) is 0 Å². The molecule has 94 valence electrons. The van der Waals surface area contributed by atoms with Crippen LogP contribution in [0.5, 0.6) is 0 Å². The maximum Gasteiger partial charge on any atom is 0.0210 e. The molecule has 1 fully saturated rings. The van der Waals surface area contributed by atoms with Gasteiger partial charge in [0.25, 0.3) is 0 Å². The van der Waals surface area contributed by atoms with Crippen LogP contribution in [-0.4, -0.2) is 12.1 Å². The van der Waals surface area contributed by atoms with Crippen LogP contribution in [0, 0.1) is 0 Å². The first-order valence-electron chi connectivity index (χ1n) is 6.85. The Morgan fingerprint density at radius 2 is 1.76 bits per heavy atom. The molecule has 0 spiro atoms. The van der Waals surface area contributed by atoms with Crippen LogP contribution < -0.4 is 11.1 Å². The van der Waals surface area contributed by atoms with Gasteiger partial charge in [0.15, 0.2) is 0 Å². The second-order valence-corrected chi connectivity index (χ2v) is 5.11. The number of rotatable bonds is 4. The third kappa shape index (κ3) is 3.55. The van der Waals surface area contributed by atoms with Crippen LogP contribution in [0.1, 0.15) is 43.7 Å². The normalized spacial score (nSPS) is 24.8. The van der Waals surface area contributed by atoms with Gasteiger partial charge in [0.05, 0.1) is 0 Å². The van der Waals surface area contributed by atoms with E-state index in [9.17, 15) is 0 Å². The Balaban J connectivity index is 1.85. The number of nitrogens with one attached hydrogen (secondary N) is 1. The molecule has 2 rings (SSSR count). The number of benzene rings is 1. The summed E-state index contributed by atoms with van der Waals surface area (Å²) in [6.07, 6.45) is 5.93. The Kier molecular flexibility index (Phi) is 4.57. The van der Waals surface area contributed by atoms with E-state index in [0.29, 0.717) is 12.1 Å². The Morgan fingerprint density at radius 3 is 2.41 bits per heavy atom. The Hall–Kier alpha value is -0.860. The van der Waals surface area contributed by atoms with Gasteiger partial charge < -0.3 is 11.1 Å². The van der Waals surface area contributed by atoms with Crippen LogP contribution in [0.2, 0.25) is 0 Å². The molecule has 0 unspecified atom stereocenters. The fraction of sp³-hybridized carbons (Fsp3) is 0.600. The molecule has 2 nitrogen and oxygen atoms in total. The van der Waals surface area contributed by atoms with Gasteiger partial charge in [0.2, 0.25) is 0 Å². The monoisotopic (exact) mass is 232 g/mol. The van der Waals surface area contributed by atoms with E-state index in [1.165, 1.54) is 36.8 Å². The van der Waals surface area contributed by atoms with Crippen LogP contribution in [0.25, 0.3) is 0 Å². The van der Waals surface area contributed by atoms with E-state index in [1.54, 1.807) is 0 Å². The van der Waals surface area contributed by atoms with E-state index in [1.807, 2.05) is 0 Å². The lowest BCUT2D eigenvalue weighted by Gasteiger charge is -2.27. The molecule has 0 aliphatic heterocycles. The lowest BCUT2D eigenvalue weighted by atomic mass is 9.91. The number of hydrogen-bond acceptors (Lipinski definition) is 2. The highest BCUT2D eigenvalue weighted by atomic mass is 14.9. The fourth-order valence-corrected chi connectivity index (χ4v) is 2.65. The van der Waals surface area contributed by atoms with Crippen molar-refractivity contribution < 1.29 is 0 Å². The molecule has 0 atom stereocenters. The van der Waals surface area contributed by atoms with E-state index in [0.717, 1.165) is 13.0 Å². The summed E-state index contributed by atoms with van der Waals surface area (Å²) in [6.45, 7) is 3.22. The van der Waals surface area contributed by atoms with Crippen molar-refractivity contribution in [3.8, 4) is 0 Å². The molecule has 0 saturated heterocycles. The number of hydrogen-bond donors (Lipinski definition) is 2. The smallest absolute Gasteiger partial charge is 0.0210 e. The average molecular weight is 232 g/mol. The summed E-state index contributed by atoms with van der Waals surface area (Å²) in [4.78, 5) is 0. The largest absolute Gasteiger partial charge is 0.328 e. The summed E-state index contributed by atoms with van der Waals surface area (Å²) in [7, 11) is 0. The fourth-order valence-electron chi connectivity index (χ4n) is 2.65. The van der Waals surface area contributed by atoms with Crippen LogP contribution >= 0.6 is 0 Å². The Bertz CT molecular complexity index is 341. The molecule has 1 aliphatic carbocycles. The highest BCUT2D eigenvalue weighted by Gasteiger charge is 2.17. The second kappa shape index (κ2) is 6.18. The van der Waals surface area contributed by atoms with Crippen LogP contribution in [0.15, 0.2) is 24.3 Å². The molecular weight excluding hydrogens is 208 g/mol. The van der Waals surface area contributed by atoms with Gasteiger partial charge in [-0.05, 0) is 43.2 Å². The molecule has 0 radical (unpaired) electrons. The van der Waals surface area contributed by atoms with Crippen LogP contribution in [0.4, 0.5) is 0 Å². The van der Waals surface area contributed by atoms with Gasteiger partial charge in [0.1, 0.15) is 0 Å². The Morgan fingerprint density at radius 1 is 1.12 bits per heavy atom. The van der Waals surface area contributed by atoms with Crippen molar-refractivity contribution in [3.05, 3.63) is 35.4 Å². The van der Waals surface area contributed by atoms with Crippen molar-refractivity contribution in [1.29, 1.82) is 0 Å². The highest BCUT2D eigenvalue weighted by Crippen LogP contribution is 2.18. The third-order valence-corrected chi connectivity index (χ3v) is 3.85. The standard InChI is InChI=1S/C15H24N2/c1-2-12-5-3-4-6-13(12)11-17-15-9-7-14(16)8-10-15/h3-6,14-15,17H,2,7-11,16H2,1H3. The first kappa shape index (κ1) is 12.6. The summed E-state index contributed by atoms with van der Waals surface area (Å²) in [5.74, 6) is 0. The first-order chi connectivity index (χ1) is 8.29. The summed E-state index contributed by atoms with van der Waals surface area (Å²) < 4.78 is 0. The Labute approximate surface area is 105 Å². The molecule has 1 aromatic rings. The quantitative estimate of drug-likeness (QED) is 0.837. The second-order valence-electron chi connectivity index (χ2n) is 5.11. The minimum absolute atomic E-state index is 0.441. The van der Waals surface area contributed by atoms with Crippen molar-refractivity contribution in [2.24, 2.45) is 5.73 Å². The summed E-state index contributed by atoms with van der Waals surface area (Å²) in [6, 6.07) is 9.83. The predicted octanol–water partition coefficient (Wildman–Crippen LogP) is 2.61. The van der Waals surface area contributed by atoms with Crippen LogP contribution in [0.3, 0.4) is 0 Å². The van der Waals surface area contributed by atoms with Gasteiger partial charge in [-0.25, -0.2) is 0 Å². The SMILES string of the molecule is CCc1ccccc1CNC1CCC(N)CC1. The molecule has 2 heteroatoms. The maximum atomic E-state index is 5.92. The molecule has 3 N–H and O–H groups in total. The number of nitrogens with two attached hydrogens (primary N) is 1. The highest BCUT2D eigenvalue weighted by molar-refractivity contribution is 5.26. The average Bonchev–Trinajstić information content (AvgIpc) is 2.38. The molecule has 0 amide bonds. The van der Waals surface area contributed by atoms with Crippen molar-refractivity contribution in [2.45, 2.75) is 57.7 Å². The molecule has 1 aromatic carbocycles. The van der Waals surface area contributed by atoms with E-state index in [2.05, 4.69) is 36.5 Å². The molecular formula is C15H24N2. The molecule has 1 saturated carbocycles. The van der Waals surface area contributed by atoms with Crippen molar-refractivity contribution in [3.63, 3.8) is 0 Å². The minimum Gasteiger partial charge on any atom is -0.328 e.